The molecule has 0 fully saturated rings. The summed E-state index contributed by atoms with van der Waals surface area (Å²) in [5.41, 5.74) is 0. The van der Waals surface area contributed by atoms with Gasteiger partial charge in [0, 0.05) is 0 Å². The van der Waals surface area contributed by atoms with E-state index in [0.29, 0.717) is 0 Å². The third-order valence-corrected chi connectivity index (χ3v) is 0. The van der Waals surface area contributed by atoms with Gasteiger partial charge in [0.25, 0.3) is 0 Å². The van der Waals surface area contributed by atoms with Crippen LogP contribution >= 0.6 is 0 Å². The van der Waals surface area contributed by atoms with Gasteiger partial charge < -0.3 is 9.59 Å². The van der Waals surface area contributed by atoms with E-state index in [-0.39, 0.29) is 0 Å². The fourth-order valence-electron chi connectivity index (χ4n) is 0. The van der Waals surface area contributed by atoms with Crippen molar-refractivity contribution in [2.24, 2.45) is 0 Å². The molecule has 0 saturated carbocycles. The molecular formula is C5H13F3NO+. The molecule has 0 aromatic heterocycles. The fraction of sp³-hybridized carbons (Fsp3) is 1.00. The van der Waals surface area contributed by atoms with Crippen molar-refractivity contribution in [3.05, 3.63) is 0 Å². The molecule has 0 aliphatic rings. The van der Waals surface area contributed by atoms with Crippen LogP contribution in [0, 0.1) is 0 Å². The van der Waals surface area contributed by atoms with Crippen molar-refractivity contribution in [1.82, 2.24) is 0 Å². The third kappa shape index (κ3) is 4130. The summed E-state index contributed by atoms with van der Waals surface area (Å²) in [7, 11) is 8.50. The number of quaternary nitrogens is 1. The van der Waals surface area contributed by atoms with Crippen molar-refractivity contribution in [1.29, 1.82) is 0 Å². The largest absolute Gasteiger partial charge is 0.519 e. The lowest BCUT2D eigenvalue weighted by Gasteiger charge is -2.14. The second-order valence-electron chi connectivity index (χ2n) is 3.15. The van der Waals surface area contributed by atoms with Gasteiger partial charge in [-0.15, -0.1) is 13.2 Å². The molecule has 5 heteroatoms. The van der Waals surface area contributed by atoms with Crippen LogP contribution in [0.25, 0.3) is 0 Å². The van der Waals surface area contributed by atoms with Crippen LogP contribution in [0.15, 0.2) is 0 Å². The molecule has 0 atom stereocenters. The Labute approximate surface area is 58.5 Å². The van der Waals surface area contributed by atoms with Crippen molar-refractivity contribution in [2.75, 3.05) is 28.2 Å². The molecular weight excluding hydrogens is 147 g/mol. The normalized spacial score (nSPS) is 12.0. The molecule has 0 aromatic carbocycles. The van der Waals surface area contributed by atoms with Gasteiger partial charge in [0.15, 0.2) is 0 Å². The summed E-state index contributed by atoms with van der Waals surface area (Å²) >= 11 is 0. The molecule has 1 N–H and O–H groups in total. The SMILES string of the molecule is C[N+](C)(C)C.OC(F)(F)F. The van der Waals surface area contributed by atoms with E-state index in [4.69, 9.17) is 5.11 Å². The number of hydrogen-bond donors (Lipinski definition) is 1. The van der Waals surface area contributed by atoms with E-state index < -0.39 is 6.36 Å². The van der Waals surface area contributed by atoms with Crippen LogP contribution in [0.2, 0.25) is 0 Å². The Balaban J connectivity index is 0. The van der Waals surface area contributed by atoms with E-state index >= 15 is 0 Å². The number of aliphatic hydroxyl groups is 1. The molecule has 0 radical (unpaired) electrons. The standard InChI is InChI=1S/C4H12N.CHF3O/c1-5(2,3)4;2-1(3,4)5/h1-4H3;5H/q+1;. The molecule has 0 aromatic rings. The fourth-order valence-corrected chi connectivity index (χ4v) is 0. The van der Waals surface area contributed by atoms with Gasteiger partial charge in [-0.3, -0.25) is 0 Å². The van der Waals surface area contributed by atoms with Crippen LogP contribution in [-0.4, -0.2) is 44.1 Å². The molecule has 0 heterocycles. The van der Waals surface area contributed by atoms with Crippen LogP contribution in [0.4, 0.5) is 13.2 Å². The van der Waals surface area contributed by atoms with E-state index in [2.05, 4.69) is 28.2 Å². The molecule has 0 spiro atoms. The summed E-state index contributed by atoms with van der Waals surface area (Å²) in [6.07, 6.45) is -5.00. The van der Waals surface area contributed by atoms with Crippen LogP contribution in [-0.2, 0) is 0 Å². The van der Waals surface area contributed by atoms with Gasteiger partial charge in [0.2, 0.25) is 0 Å². The van der Waals surface area contributed by atoms with E-state index in [0.717, 1.165) is 4.48 Å². The van der Waals surface area contributed by atoms with Crippen molar-refractivity contribution >= 4 is 0 Å². The molecule has 0 aliphatic carbocycles. The minimum absolute atomic E-state index is 1.00. The highest BCUT2D eigenvalue weighted by atomic mass is 19.4. The Morgan fingerprint density at radius 1 is 1.00 bits per heavy atom. The highest BCUT2D eigenvalue weighted by Gasteiger charge is 2.20. The van der Waals surface area contributed by atoms with Gasteiger partial charge in [0.1, 0.15) is 0 Å². The Hall–Kier alpha value is -0.290. The number of nitrogens with zero attached hydrogens (tertiary/aromatic N) is 1. The number of hydrogen-bond acceptors (Lipinski definition) is 1. The Morgan fingerprint density at radius 3 is 1.00 bits per heavy atom. The number of halogens is 3. The van der Waals surface area contributed by atoms with Crippen molar-refractivity contribution in [3.63, 3.8) is 0 Å². The molecule has 0 aliphatic heterocycles. The summed E-state index contributed by atoms with van der Waals surface area (Å²) in [6.45, 7) is 0. The summed E-state index contributed by atoms with van der Waals surface area (Å²) in [4.78, 5) is 0. The average molecular weight is 160 g/mol. The van der Waals surface area contributed by atoms with Crippen LogP contribution in [0.1, 0.15) is 0 Å². The van der Waals surface area contributed by atoms with Gasteiger partial charge in [-0.2, -0.15) is 0 Å². The molecule has 0 bridgehead atoms. The molecule has 0 amide bonds. The molecule has 64 valence electrons. The predicted octanol–water partition coefficient (Wildman–Crippen LogP) is 0.821. The number of alkyl halides is 3. The lowest BCUT2D eigenvalue weighted by atomic mass is 10.8. The minimum Gasteiger partial charge on any atom is -0.333 e. The molecule has 0 unspecified atom stereocenters. The smallest absolute Gasteiger partial charge is 0.333 e. The predicted molar refractivity (Wildman–Crippen MR) is 32.2 cm³/mol. The zero-order chi connectivity index (χ0) is 9.00. The Bertz CT molecular complexity index is 59.9. The van der Waals surface area contributed by atoms with Crippen molar-refractivity contribution in [3.8, 4) is 0 Å². The second-order valence-corrected chi connectivity index (χ2v) is 3.15. The highest BCUT2D eigenvalue weighted by Crippen LogP contribution is 2.06. The summed E-state index contributed by atoms with van der Waals surface area (Å²) in [5, 5.41) is 6.52. The molecule has 10 heavy (non-hydrogen) atoms. The topological polar surface area (TPSA) is 20.2 Å². The summed E-state index contributed by atoms with van der Waals surface area (Å²) < 4.78 is 30.7. The van der Waals surface area contributed by atoms with Gasteiger partial charge in [-0.05, 0) is 0 Å². The van der Waals surface area contributed by atoms with Crippen LogP contribution < -0.4 is 0 Å². The first-order valence-electron chi connectivity index (χ1n) is 2.58. The average Bonchev–Trinajstić information content (AvgIpc) is 1.12. The Kier molecular flexibility index (Phi) is 4.68. The molecule has 0 saturated heterocycles. The quantitative estimate of drug-likeness (QED) is 0.520. The van der Waals surface area contributed by atoms with Gasteiger partial charge in [0.05, 0.1) is 28.2 Å². The zero-order valence-corrected chi connectivity index (χ0v) is 6.53. The monoisotopic (exact) mass is 160 g/mol. The van der Waals surface area contributed by atoms with E-state index in [1.165, 1.54) is 0 Å². The summed E-state index contributed by atoms with van der Waals surface area (Å²) in [6, 6.07) is 0. The first-order valence-corrected chi connectivity index (χ1v) is 2.58. The van der Waals surface area contributed by atoms with E-state index in [9.17, 15) is 13.2 Å². The highest BCUT2D eigenvalue weighted by molar-refractivity contribution is 4.06. The zero-order valence-electron chi connectivity index (χ0n) is 6.53. The molecule has 2 nitrogen and oxygen atoms in total. The van der Waals surface area contributed by atoms with Gasteiger partial charge in [-0.1, -0.05) is 0 Å². The second kappa shape index (κ2) is 3.78. The van der Waals surface area contributed by atoms with E-state index in [1.807, 2.05) is 0 Å². The summed E-state index contributed by atoms with van der Waals surface area (Å²) in [5.74, 6) is 0. The van der Waals surface area contributed by atoms with E-state index in [1.54, 1.807) is 0 Å². The third-order valence-electron chi connectivity index (χ3n) is 0. The first-order chi connectivity index (χ1) is 4.00. The maximum Gasteiger partial charge on any atom is 0.519 e. The minimum atomic E-state index is -5.00. The van der Waals surface area contributed by atoms with Crippen molar-refractivity contribution in [2.45, 2.75) is 6.36 Å². The first kappa shape index (κ1) is 12.4. The maximum atomic E-state index is 9.91. The van der Waals surface area contributed by atoms with Gasteiger partial charge in [-0.25, -0.2) is 0 Å². The lowest BCUT2D eigenvalue weighted by Crippen LogP contribution is -2.27. The lowest BCUT2D eigenvalue weighted by molar-refractivity contribution is -0.849. The maximum absolute atomic E-state index is 9.91. The van der Waals surface area contributed by atoms with Crippen LogP contribution in [0.3, 0.4) is 0 Å². The molecule has 0 rings (SSSR count). The van der Waals surface area contributed by atoms with Gasteiger partial charge >= 0.3 is 6.36 Å². The van der Waals surface area contributed by atoms with Crippen molar-refractivity contribution < 1.29 is 22.8 Å². The Morgan fingerprint density at radius 2 is 1.00 bits per heavy atom. The van der Waals surface area contributed by atoms with Crippen LogP contribution in [0.5, 0.6) is 0 Å². The number of rotatable bonds is 0.